The van der Waals surface area contributed by atoms with Crippen LogP contribution in [0.5, 0.6) is 11.5 Å². The number of ether oxygens (including phenoxy) is 2. The molecule has 2 rings (SSSR count). The number of para-hydroxylation sites is 1. The molecular formula is C15H16ClFN2O2. The first-order chi connectivity index (χ1) is 9.63. The van der Waals surface area contributed by atoms with Crippen LogP contribution >= 0.6 is 12.4 Å². The second-order valence-electron chi connectivity index (χ2n) is 4.13. The van der Waals surface area contributed by atoms with Crippen molar-refractivity contribution in [2.75, 3.05) is 7.11 Å². The van der Waals surface area contributed by atoms with Gasteiger partial charge in [0, 0.05) is 5.56 Å². The fourth-order valence-electron chi connectivity index (χ4n) is 1.86. The lowest BCUT2D eigenvalue weighted by Crippen LogP contribution is -2.15. The number of benzene rings is 2. The summed E-state index contributed by atoms with van der Waals surface area (Å²) in [7, 11) is 1.57. The van der Waals surface area contributed by atoms with Crippen molar-refractivity contribution in [3.63, 3.8) is 0 Å². The van der Waals surface area contributed by atoms with Crippen molar-refractivity contribution in [2.45, 2.75) is 6.61 Å². The molecule has 0 heterocycles. The van der Waals surface area contributed by atoms with Crippen LogP contribution in [-0.2, 0) is 6.61 Å². The molecule has 0 aromatic heterocycles. The Morgan fingerprint density at radius 2 is 1.81 bits per heavy atom. The summed E-state index contributed by atoms with van der Waals surface area (Å²) >= 11 is 0. The largest absolute Gasteiger partial charge is 0.496 e. The van der Waals surface area contributed by atoms with Crippen LogP contribution in [0.2, 0.25) is 0 Å². The molecule has 0 saturated heterocycles. The molecule has 0 fully saturated rings. The molecule has 0 aliphatic rings. The van der Waals surface area contributed by atoms with Crippen molar-refractivity contribution < 1.29 is 13.9 Å². The van der Waals surface area contributed by atoms with E-state index < -0.39 is 5.82 Å². The van der Waals surface area contributed by atoms with Gasteiger partial charge in [-0.05, 0) is 18.2 Å². The van der Waals surface area contributed by atoms with Gasteiger partial charge in [-0.1, -0.05) is 24.3 Å². The molecule has 21 heavy (non-hydrogen) atoms. The molecule has 0 saturated carbocycles. The number of nitrogens with two attached hydrogens (primary N) is 1. The van der Waals surface area contributed by atoms with Crippen molar-refractivity contribution >= 4 is 18.2 Å². The Morgan fingerprint density at radius 3 is 2.48 bits per heavy atom. The maximum Gasteiger partial charge on any atom is 0.137 e. The molecule has 0 aliphatic carbocycles. The van der Waals surface area contributed by atoms with E-state index in [-0.39, 0.29) is 36.2 Å². The smallest absolute Gasteiger partial charge is 0.137 e. The molecule has 0 bridgehead atoms. The van der Waals surface area contributed by atoms with Gasteiger partial charge in [-0.2, -0.15) is 0 Å². The fraction of sp³-hybridized carbons (Fsp3) is 0.133. The number of nitrogen functional groups attached to an aromatic ring is 1. The lowest BCUT2D eigenvalue weighted by molar-refractivity contribution is 0.294. The summed E-state index contributed by atoms with van der Waals surface area (Å²) in [5.74, 6) is -0.00941. The molecule has 0 amide bonds. The predicted molar refractivity (Wildman–Crippen MR) is 82.0 cm³/mol. The van der Waals surface area contributed by atoms with Crippen molar-refractivity contribution in [3.8, 4) is 11.5 Å². The van der Waals surface area contributed by atoms with E-state index in [0.717, 1.165) is 5.56 Å². The first kappa shape index (κ1) is 16.8. The summed E-state index contributed by atoms with van der Waals surface area (Å²) in [5.41, 5.74) is 6.18. The number of hydrogen-bond acceptors (Lipinski definition) is 3. The minimum Gasteiger partial charge on any atom is -0.496 e. The molecule has 112 valence electrons. The van der Waals surface area contributed by atoms with Crippen LogP contribution in [0.4, 0.5) is 4.39 Å². The zero-order valence-corrected chi connectivity index (χ0v) is 12.2. The highest BCUT2D eigenvalue weighted by Crippen LogP contribution is 2.24. The zero-order chi connectivity index (χ0) is 14.5. The Kier molecular flexibility index (Phi) is 5.99. The first-order valence-corrected chi connectivity index (χ1v) is 6.01. The third-order valence-corrected chi connectivity index (χ3v) is 2.82. The molecule has 0 radical (unpaired) electrons. The summed E-state index contributed by atoms with van der Waals surface area (Å²) in [6.45, 7) is 0.202. The van der Waals surface area contributed by atoms with E-state index in [4.69, 9.17) is 20.6 Å². The van der Waals surface area contributed by atoms with E-state index >= 15 is 0 Å². The Hall–Kier alpha value is -2.27. The van der Waals surface area contributed by atoms with Gasteiger partial charge in [0.1, 0.15) is 29.8 Å². The normalized spacial score (nSPS) is 9.62. The summed E-state index contributed by atoms with van der Waals surface area (Å²) in [4.78, 5) is 0. The molecule has 0 spiro atoms. The molecular weight excluding hydrogens is 295 g/mol. The van der Waals surface area contributed by atoms with Crippen LogP contribution in [-0.4, -0.2) is 12.9 Å². The highest BCUT2D eigenvalue weighted by Gasteiger charge is 2.13. The quantitative estimate of drug-likeness (QED) is 0.658. The SMILES string of the molecule is COc1ccccc1COc1cccc(F)c1C(=N)N.Cl. The number of hydrogen-bond donors (Lipinski definition) is 2. The van der Waals surface area contributed by atoms with Crippen molar-refractivity contribution in [1.82, 2.24) is 0 Å². The van der Waals surface area contributed by atoms with E-state index in [1.54, 1.807) is 13.2 Å². The predicted octanol–water partition coefficient (Wildman–Crippen LogP) is 3.12. The lowest BCUT2D eigenvalue weighted by Gasteiger charge is -2.13. The van der Waals surface area contributed by atoms with Crippen LogP contribution in [0.1, 0.15) is 11.1 Å². The number of amidine groups is 1. The Labute approximate surface area is 128 Å². The molecule has 0 aliphatic heterocycles. The van der Waals surface area contributed by atoms with Crippen molar-refractivity contribution in [1.29, 1.82) is 5.41 Å². The highest BCUT2D eigenvalue weighted by molar-refractivity contribution is 5.97. The van der Waals surface area contributed by atoms with Crippen LogP contribution in [0.15, 0.2) is 42.5 Å². The van der Waals surface area contributed by atoms with Crippen LogP contribution < -0.4 is 15.2 Å². The topological polar surface area (TPSA) is 68.3 Å². The molecule has 2 aromatic carbocycles. The third kappa shape index (κ3) is 3.86. The Bertz CT molecular complexity index is 635. The summed E-state index contributed by atoms with van der Waals surface area (Å²) in [6.07, 6.45) is 0. The minimum absolute atomic E-state index is 0. The monoisotopic (exact) mass is 310 g/mol. The average molecular weight is 311 g/mol. The second kappa shape index (κ2) is 7.50. The van der Waals surface area contributed by atoms with E-state index in [1.165, 1.54) is 12.1 Å². The first-order valence-electron chi connectivity index (χ1n) is 6.01. The number of rotatable bonds is 5. The molecule has 6 heteroatoms. The number of nitrogens with one attached hydrogen (secondary N) is 1. The lowest BCUT2D eigenvalue weighted by atomic mass is 10.1. The van der Waals surface area contributed by atoms with Crippen LogP contribution in [0.3, 0.4) is 0 Å². The van der Waals surface area contributed by atoms with E-state index in [1.807, 2.05) is 24.3 Å². The van der Waals surface area contributed by atoms with Gasteiger partial charge in [-0.25, -0.2) is 4.39 Å². The number of methoxy groups -OCH3 is 1. The summed E-state index contributed by atoms with van der Waals surface area (Å²) < 4.78 is 24.4. The van der Waals surface area contributed by atoms with Gasteiger partial charge in [0.15, 0.2) is 0 Å². The van der Waals surface area contributed by atoms with Gasteiger partial charge in [0.05, 0.1) is 12.7 Å². The van der Waals surface area contributed by atoms with Gasteiger partial charge in [0.2, 0.25) is 0 Å². The van der Waals surface area contributed by atoms with E-state index in [9.17, 15) is 4.39 Å². The van der Waals surface area contributed by atoms with Crippen molar-refractivity contribution in [3.05, 3.63) is 59.4 Å². The van der Waals surface area contributed by atoms with Gasteiger partial charge in [0.25, 0.3) is 0 Å². The summed E-state index contributed by atoms with van der Waals surface area (Å²) in [5, 5.41) is 7.41. The molecule has 2 aromatic rings. The minimum atomic E-state index is -0.574. The molecule has 3 N–H and O–H groups in total. The van der Waals surface area contributed by atoms with Gasteiger partial charge in [-0.3, -0.25) is 5.41 Å². The maximum absolute atomic E-state index is 13.6. The van der Waals surface area contributed by atoms with E-state index in [0.29, 0.717) is 5.75 Å². The highest BCUT2D eigenvalue weighted by atomic mass is 35.5. The Morgan fingerprint density at radius 1 is 1.14 bits per heavy atom. The molecule has 4 nitrogen and oxygen atoms in total. The standard InChI is InChI=1S/C15H15FN2O2.ClH/c1-19-12-7-3-2-5-10(12)9-20-13-8-4-6-11(16)14(13)15(17)18;/h2-8H,9H2,1H3,(H3,17,18);1H. The van der Waals surface area contributed by atoms with Gasteiger partial charge in [-0.15, -0.1) is 12.4 Å². The Balaban J connectivity index is 0.00000220. The molecule has 0 unspecified atom stereocenters. The summed E-state index contributed by atoms with van der Waals surface area (Å²) in [6, 6.07) is 11.7. The zero-order valence-electron chi connectivity index (χ0n) is 11.4. The average Bonchev–Trinajstić information content (AvgIpc) is 2.45. The van der Waals surface area contributed by atoms with Crippen LogP contribution in [0, 0.1) is 11.2 Å². The van der Waals surface area contributed by atoms with Crippen molar-refractivity contribution in [2.24, 2.45) is 5.73 Å². The van der Waals surface area contributed by atoms with Gasteiger partial charge >= 0.3 is 0 Å². The van der Waals surface area contributed by atoms with Crippen LogP contribution in [0.25, 0.3) is 0 Å². The molecule has 0 atom stereocenters. The van der Waals surface area contributed by atoms with Gasteiger partial charge < -0.3 is 15.2 Å². The second-order valence-corrected chi connectivity index (χ2v) is 4.13. The fourth-order valence-corrected chi connectivity index (χ4v) is 1.86. The third-order valence-electron chi connectivity index (χ3n) is 2.82. The number of halogens is 2. The maximum atomic E-state index is 13.6. The van der Waals surface area contributed by atoms with E-state index in [2.05, 4.69) is 0 Å².